The topological polar surface area (TPSA) is 153 Å². The predicted molar refractivity (Wildman–Crippen MR) is 116 cm³/mol. The molecule has 1 aliphatic rings. The SMILES string of the molecule is C/C(=N/NC(=O)c1nnn(-c2nonc2N)c1CN(C)C1CCCCC1)c1ccccn1. The molecule has 3 aromatic rings. The molecule has 0 bridgehead atoms. The first-order valence-corrected chi connectivity index (χ1v) is 10.5. The highest BCUT2D eigenvalue weighted by atomic mass is 16.6. The second-order valence-electron chi connectivity index (χ2n) is 7.83. The van der Waals surface area contributed by atoms with Gasteiger partial charge in [0.2, 0.25) is 11.6 Å². The van der Waals surface area contributed by atoms with E-state index in [4.69, 9.17) is 10.4 Å². The van der Waals surface area contributed by atoms with Crippen LogP contribution in [-0.4, -0.2) is 59.9 Å². The number of carbonyl (C=O) groups excluding carboxylic acids is 1. The lowest BCUT2D eigenvalue weighted by molar-refractivity contribution is 0.0946. The Morgan fingerprint density at radius 3 is 2.81 bits per heavy atom. The molecule has 1 aliphatic carbocycles. The molecule has 4 rings (SSSR count). The number of aromatic nitrogens is 6. The second kappa shape index (κ2) is 9.64. The van der Waals surface area contributed by atoms with Crippen LogP contribution >= 0.6 is 0 Å². The van der Waals surface area contributed by atoms with Gasteiger partial charge in [0.25, 0.3) is 5.91 Å². The van der Waals surface area contributed by atoms with Crippen molar-refractivity contribution in [1.82, 2.24) is 40.6 Å². The molecule has 0 saturated heterocycles. The average Bonchev–Trinajstić information content (AvgIpc) is 3.44. The fraction of sp³-hybridized carbons (Fsp3) is 0.450. The highest BCUT2D eigenvalue weighted by molar-refractivity contribution is 5.99. The van der Waals surface area contributed by atoms with Crippen LogP contribution in [-0.2, 0) is 6.54 Å². The molecule has 3 aromatic heterocycles. The Labute approximate surface area is 184 Å². The summed E-state index contributed by atoms with van der Waals surface area (Å²) in [5.74, 6) is -0.238. The van der Waals surface area contributed by atoms with Crippen LogP contribution in [0.25, 0.3) is 5.82 Å². The number of carbonyl (C=O) groups is 1. The van der Waals surface area contributed by atoms with Crippen LogP contribution in [0.3, 0.4) is 0 Å². The molecule has 12 nitrogen and oxygen atoms in total. The lowest BCUT2D eigenvalue weighted by Gasteiger charge is -2.31. The van der Waals surface area contributed by atoms with Crippen LogP contribution in [0, 0.1) is 0 Å². The number of nitrogen functional groups attached to an aromatic ring is 1. The van der Waals surface area contributed by atoms with E-state index in [0.717, 1.165) is 12.8 Å². The highest BCUT2D eigenvalue weighted by Gasteiger charge is 2.27. The maximum absolute atomic E-state index is 13.0. The van der Waals surface area contributed by atoms with Crippen molar-refractivity contribution in [2.75, 3.05) is 12.8 Å². The number of rotatable bonds is 7. The molecular formula is C20H26N10O2. The number of nitrogens with one attached hydrogen (secondary N) is 1. The number of nitrogens with zero attached hydrogens (tertiary/aromatic N) is 8. The fourth-order valence-corrected chi connectivity index (χ4v) is 3.84. The first-order valence-electron chi connectivity index (χ1n) is 10.5. The van der Waals surface area contributed by atoms with Gasteiger partial charge in [-0.1, -0.05) is 30.5 Å². The zero-order valence-electron chi connectivity index (χ0n) is 18.1. The van der Waals surface area contributed by atoms with Gasteiger partial charge in [0, 0.05) is 18.8 Å². The van der Waals surface area contributed by atoms with Gasteiger partial charge in [-0.05, 0) is 49.3 Å². The third-order valence-corrected chi connectivity index (χ3v) is 5.63. The summed E-state index contributed by atoms with van der Waals surface area (Å²) in [4.78, 5) is 19.4. The van der Waals surface area contributed by atoms with Crippen LogP contribution in [0.2, 0.25) is 0 Å². The molecule has 1 fully saturated rings. The van der Waals surface area contributed by atoms with Gasteiger partial charge in [0.1, 0.15) is 0 Å². The van der Waals surface area contributed by atoms with E-state index in [1.54, 1.807) is 13.1 Å². The monoisotopic (exact) mass is 438 g/mol. The van der Waals surface area contributed by atoms with Crippen molar-refractivity contribution in [3.05, 3.63) is 41.5 Å². The van der Waals surface area contributed by atoms with Crippen molar-refractivity contribution in [1.29, 1.82) is 0 Å². The number of hydrazone groups is 1. The molecule has 3 N–H and O–H groups in total. The minimum atomic E-state index is -0.492. The van der Waals surface area contributed by atoms with E-state index in [0.29, 0.717) is 29.7 Å². The lowest BCUT2D eigenvalue weighted by Crippen LogP contribution is -2.34. The summed E-state index contributed by atoms with van der Waals surface area (Å²) in [6, 6.07) is 5.89. The zero-order valence-corrected chi connectivity index (χ0v) is 18.1. The molecule has 0 aromatic carbocycles. The molecular weight excluding hydrogens is 412 g/mol. The lowest BCUT2D eigenvalue weighted by atomic mass is 9.94. The predicted octanol–water partition coefficient (Wildman–Crippen LogP) is 1.55. The van der Waals surface area contributed by atoms with Crippen molar-refractivity contribution in [3.8, 4) is 5.82 Å². The van der Waals surface area contributed by atoms with Crippen LogP contribution < -0.4 is 11.2 Å². The number of amides is 1. The quantitative estimate of drug-likeness (QED) is 0.413. The Morgan fingerprint density at radius 2 is 2.12 bits per heavy atom. The third kappa shape index (κ3) is 4.64. The molecule has 0 unspecified atom stereocenters. The van der Waals surface area contributed by atoms with E-state index in [-0.39, 0.29) is 17.3 Å². The molecule has 0 atom stereocenters. The zero-order chi connectivity index (χ0) is 22.5. The normalized spacial score (nSPS) is 15.3. The largest absolute Gasteiger partial charge is 0.378 e. The molecule has 1 amide bonds. The van der Waals surface area contributed by atoms with Crippen LogP contribution in [0.1, 0.15) is 60.9 Å². The Kier molecular flexibility index (Phi) is 6.50. The molecule has 1 saturated carbocycles. The summed E-state index contributed by atoms with van der Waals surface area (Å²) < 4.78 is 6.12. The number of pyridine rings is 1. The van der Waals surface area contributed by atoms with Crippen molar-refractivity contribution in [2.45, 2.75) is 51.6 Å². The van der Waals surface area contributed by atoms with E-state index in [1.165, 1.54) is 23.9 Å². The fourth-order valence-electron chi connectivity index (χ4n) is 3.84. The molecule has 168 valence electrons. The first kappa shape index (κ1) is 21.6. The van der Waals surface area contributed by atoms with E-state index in [1.807, 2.05) is 25.2 Å². The van der Waals surface area contributed by atoms with E-state index < -0.39 is 5.91 Å². The van der Waals surface area contributed by atoms with E-state index in [9.17, 15) is 4.79 Å². The maximum Gasteiger partial charge on any atom is 0.293 e. The highest BCUT2D eigenvalue weighted by Crippen LogP contribution is 2.24. The van der Waals surface area contributed by atoms with Crippen molar-refractivity contribution >= 4 is 17.4 Å². The molecule has 32 heavy (non-hydrogen) atoms. The van der Waals surface area contributed by atoms with Crippen LogP contribution in [0.15, 0.2) is 34.1 Å². The van der Waals surface area contributed by atoms with Gasteiger partial charge in [0.05, 0.1) is 17.1 Å². The Bertz CT molecular complexity index is 1090. The molecule has 3 heterocycles. The van der Waals surface area contributed by atoms with Gasteiger partial charge in [-0.15, -0.1) is 5.10 Å². The maximum atomic E-state index is 13.0. The van der Waals surface area contributed by atoms with Gasteiger partial charge in [-0.2, -0.15) is 9.78 Å². The number of anilines is 1. The molecule has 0 radical (unpaired) electrons. The number of hydrogen-bond acceptors (Lipinski definition) is 10. The van der Waals surface area contributed by atoms with E-state index in [2.05, 4.69) is 41.0 Å². The number of nitrogens with two attached hydrogens (primary N) is 1. The van der Waals surface area contributed by atoms with Gasteiger partial charge < -0.3 is 5.73 Å². The minimum absolute atomic E-state index is 0.0624. The summed E-state index contributed by atoms with van der Waals surface area (Å²) in [7, 11) is 2.03. The Hall–Kier alpha value is -3.67. The van der Waals surface area contributed by atoms with Crippen molar-refractivity contribution in [3.63, 3.8) is 0 Å². The summed E-state index contributed by atoms with van der Waals surface area (Å²) in [5, 5.41) is 19.8. The van der Waals surface area contributed by atoms with Crippen molar-refractivity contribution < 1.29 is 9.42 Å². The first-order chi connectivity index (χ1) is 15.5. The van der Waals surface area contributed by atoms with Gasteiger partial charge in [-0.3, -0.25) is 14.7 Å². The number of hydrogen-bond donors (Lipinski definition) is 2. The smallest absolute Gasteiger partial charge is 0.293 e. The molecule has 0 spiro atoms. The van der Waals surface area contributed by atoms with Gasteiger partial charge in [0.15, 0.2) is 5.69 Å². The minimum Gasteiger partial charge on any atom is -0.378 e. The Morgan fingerprint density at radius 1 is 1.31 bits per heavy atom. The van der Waals surface area contributed by atoms with E-state index >= 15 is 0 Å². The van der Waals surface area contributed by atoms with Gasteiger partial charge >= 0.3 is 0 Å². The summed E-state index contributed by atoms with van der Waals surface area (Å²) in [5.41, 5.74) is 10.3. The standard InChI is InChI=1S/C20H26N10O2/c1-13(15-10-6-7-11-22-15)23-25-20(31)17-16(12-29(2)14-8-4-3-5-9-14)30(28-24-17)19-18(21)26-32-27-19/h6-7,10-11,14H,3-5,8-9,12H2,1-2H3,(H2,21,26)(H,25,31)/b23-13-. The van der Waals surface area contributed by atoms with Crippen LogP contribution in [0.5, 0.6) is 0 Å². The Balaban J connectivity index is 1.60. The summed E-state index contributed by atoms with van der Waals surface area (Å²) in [6.07, 6.45) is 7.54. The van der Waals surface area contributed by atoms with Crippen LogP contribution in [0.4, 0.5) is 5.82 Å². The second-order valence-corrected chi connectivity index (χ2v) is 7.83. The molecule has 0 aliphatic heterocycles. The van der Waals surface area contributed by atoms with Gasteiger partial charge in [-0.25, -0.2) is 10.1 Å². The molecule has 12 heteroatoms. The average molecular weight is 438 g/mol. The summed E-state index contributed by atoms with van der Waals surface area (Å²) >= 11 is 0. The third-order valence-electron chi connectivity index (χ3n) is 5.63. The summed E-state index contributed by atoms with van der Waals surface area (Å²) in [6.45, 7) is 2.19. The van der Waals surface area contributed by atoms with Crippen molar-refractivity contribution in [2.24, 2.45) is 5.10 Å².